The van der Waals surface area contributed by atoms with Gasteiger partial charge in [-0.1, -0.05) is 60.7 Å². The maximum Gasteiger partial charge on any atom is 0.161 e. The monoisotopic (exact) mass is 424 g/mol. The fraction of sp³-hybridized carbons (Fsp3) is 0.0769. The molecule has 1 aromatic heterocycles. The van der Waals surface area contributed by atoms with E-state index in [-0.39, 0.29) is 0 Å². The first-order chi connectivity index (χ1) is 15.2. The summed E-state index contributed by atoms with van der Waals surface area (Å²) in [6, 6.07) is 26.4. The van der Waals surface area contributed by atoms with Crippen molar-refractivity contribution in [3.05, 3.63) is 88.7 Å². The number of ether oxygens (including phenoxy) is 2. The van der Waals surface area contributed by atoms with Crippen molar-refractivity contribution in [2.45, 2.75) is 0 Å². The van der Waals surface area contributed by atoms with Gasteiger partial charge in [-0.3, -0.25) is 0 Å². The first-order valence-electron chi connectivity index (χ1n) is 9.67. The Balaban J connectivity index is 1.60. The lowest BCUT2D eigenvalue weighted by Gasteiger charge is -2.07. The summed E-state index contributed by atoms with van der Waals surface area (Å²) in [6.45, 7) is 0. The third kappa shape index (κ3) is 4.50. The van der Waals surface area contributed by atoms with Gasteiger partial charge in [0.15, 0.2) is 11.5 Å². The zero-order valence-corrected chi connectivity index (χ0v) is 18.0. The third-order valence-electron chi connectivity index (χ3n) is 4.86. The Labute approximate surface area is 185 Å². The zero-order valence-electron chi connectivity index (χ0n) is 17.2. The molecule has 0 aliphatic heterocycles. The van der Waals surface area contributed by atoms with Crippen molar-refractivity contribution >= 4 is 23.0 Å². The van der Waals surface area contributed by atoms with Gasteiger partial charge in [-0.05, 0) is 34.9 Å². The van der Waals surface area contributed by atoms with Crippen molar-refractivity contribution < 1.29 is 9.47 Å². The minimum atomic E-state index is 0.504. The highest BCUT2D eigenvalue weighted by Gasteiger charge is 2.11. The highest BCUT2D eigenvalue weighted by atomic mass is 32.1. The van der Waals surface area contributed by atoms with E-state index in [0.717, 1.165) is 22.4 Å². The van der Waals surface area contributed by atoms with Crippen LogP contribution in [-0.2, 0) is 0 Å². The fourth-order valence-electron chi connectivity index (χ4n) is 3.25. The van der Waals surface area contributed by atoms with E-state index in [1.807, 2.05) is 47.9 Å². The number of methoxy groups -OCH3 is 2. The summed E-state index contributed by atoms with van der Waals surface area (Å²) in [5.41, 5.74) is 5.56. The second-order valence-corrected chi connectivity index (χ2v) is 7.62. The van der Waals surface area contributed by atoms with Crippen LogP contribution in [0.3, 0.4) is 0 Å². The molecule has 0 atom stereocenters. The summed E-state index contributed by atoms with van der Waals surface area (Å²) in [5.74, 6) is 1.26. The molecule has 0 spiro atoms. The van der Waals surface area contributed by atoms with Gasteiger partial charge in [-0.15, -0.1) is 11.3 Å². The van der Waals surface area contributed by atoms with Crippen LogP contribution in [-0.4, -0.2) is 19.2 Å². The van der Waals surface area contributed by atoms with Crippen LogP contribution in [0.1, 0.15) is 10.6 Å². The van der Waals surface area contributed by atoms with Crippen molar-refractivity contribution in [2.24, 2.45) is 0 Å². The van der Waals surface area contributed by atoms with Crippen LogP contribution in [0.15, 0.2) is 78.2 Å². The summed E-state index contributed by atoms with van der Waals surface area (Å²) in [7, 11) is 3.18. The molecule has 0 N–H and O–H groups in total. The van der Waals surface area contributed by atoms with Crippen molar-refractivity contribution in [1.29, 1.82) is 5.26 Å². The largest absolute Gasteiger partial charge is 0.493 e. The molecule has 3 aromatic carbocycles. The van der Waals surface area contributed by atoms with Crippen molar-refractivity contribution in [2.75, 3.05) is 14.2 Å². The summed E-state index contributed by atoms with van der Waals surface area (Å²) in [6.07, 6.45) is 1.81. The van der Waals surface area contributed by atoms with E-state index in [0.29, 0.717) is 22.1 Å². The highest BCUT2D eigenvalue weighted by Crippen LogP contribution is 2.31. The lowest BCUT2D eigenvalue weighted by molar-refractivity contribution is 0.355. The predicted molar refractivity (Wildman–Crippen MR) is 126 cm³/mol. The molecule has 0 unspecified atom stereocenters. The number of hydrogen-bond donors (Lipinski definition) is 0. The summed E-state index contributed by atoms with van der Waals surface area (Å²) in [5, 5.41) is 12.4. The average Bonchev–Trinajstić information content (AvgIpc) is 3.33. The van der Waals surface area contributed by atoms with E-state index in [1.165, 1.54) is 16.9 Å². The molecule has 31 heavy (non-hydrogen) atoms. The minimum absolute atomic E-state index is 0.504. The Bertz CT molecular complexity index is 1250. The van der Waals surface area contributed by atoms with Gasteiger partial charge >= 0.3 is 0 Å². The number of nitriles is 1. The second kappa shape index (κ2) is 9.29. The SMILES string of the molecule is COc1ccc(C=C(C#N)c2nc(-c3ccc(-c4ccccc4)cc3)cs2)cc1OC. The van der Waals surface area contributed by atoms with Crippen LogP contribution in [0.25, 0.3) is 34.0 Å². The highest BCUT2D eigenvalue weighted by molar-refractivity contribution is 7.11. The number of allylic oxidation sites excluding steroid dienone is 1. The molecule has 152 valence electrons. The van der Waals surface area contributed by atoms with Gasteiger partial charge in [0.05, 0.1) is 25.5 Å². The molecular formula is C26H20N2O2S. The Morgan fingerprint density at radius 3 is 2.23 bits per heavy atom. The van der Waals surface area contributed by atoms with Crippen LogP contribution in [0.2, 0.25) is 0 Å². The second-order valence-electron chi connectivity index (χ2n) is 6.77. The molecule has 0 aliphatic carbocycles. The van der Waals surface area contributed by atoms with E-state index in [4.69, 9.17) is 14.5 Å². The maximum atomic E-state index is 9.70. The van der Waals surface area contributed by atoms with Gasteiger partial charge in [0.2, 0.25) is 0 Å². The first-order valence-corrected chi connectivity index (χ1v) is 10.6. The van der Waals surface area contributed by atoms with Crippen LogP contribution < -0.4 is 9.47 Å². The molecule has 0 amide bonds. The maximum absolute atomic E-state index is 9.70. The fourth-order valence-corrected chi connectivity index (χ4v) is 4.04. The van der Waals surface area contributed by atoms with Gasteiger partial charge in [0.1, 0.15) is 11.1 Å². The molecule has 0 bridgehead atoms. The minimum Gasteiger partial charge on any atom is -0.493 e. The van der Waals surface area contributed by atoms with E-state index in [9.17, 15) is 5.26 Å². The molecule has 4 rings (SSSR count). The molecule has 4 nitrogen and oxygen atoms in total. The average molecular weight is 425 g/mol. The van der Waals surface area contributed by atoms with Gasteiger partial charge in [-0.25, -0.2) is 4.98 Å². The lowest BCUT2D eigenvalue weighted by Crippen LogP contribution is -1.91. The molecule has 0 radical (unpaired) electrons. The molecule has 5 heteroatoms. The Kier molecular flexibility index (Phi) is 6.11. The lowest BCUT2D eigenvalue weighted by atomic mass is 10.0. The molecule has 0 saturated heterocycles. The number of benzene rings is 3. The zero-order chi connectivity index (χ0) is 21.6. The van der Waals surface area contributed by atoms with Crippen LogP contribution in [0, 0.1) is 11.3 Å². The van der Waals surface area contributed by atoms with Gasteiger partial charge < -0.3 is 9.47 Å². The molecule has 0 fully saturated rings. The van der Waals surface area contributed by atoms with Gasteiger partial charge in [0.25, 0.3) is 0 Å². The smallest absolute Gasteiger partial charge is 0.161 e. The predicted octanol–water partition coefficient (Wildman–Crippen LogP) is 6.56. The molecule has 4 aromatic rings. The van der Waals surface area contributed by atoms with Crippen molar-refractivity contribution in [3.8, 4) is 40.0 Å². The topological polar surface area (TPSA) is 55.1 Å². The van der Waals surface area contributed by atoms with E-state index < -0.39 is 0 Å². The Morgan fingerprint density at radius 2 is 1.55 bits per heavy atom. The third-order valence-corrected chi connectivity index (χ3v) is 5.74. The number of thiazole rings is 1. The Morgan fingerprint density at radius 1 is 0.871 bits per heavy atom. The molecule has 0 saturated carbocycles. The molecular weight excluding hydrogens is 404 g/mol. The number of hydrogen-bond acceptors (Lipinski definition) is 5. The Hall–Kier alpha value is -3.88. The quantitative estimate of drug-likeness (QED) is 0.329. The van der Waals surface area contributed by atoms with Gasteiger partial charge in [-0.2, -0.15) is 5.26 Å². The van der Waals surface area contributed by atoms with E-state index in [2.05, 4.69) is 42.5 Å². The van der Waals surface area contributed by atoms with Gasteiger partial charge in [0, 0.05) is 10.9 Å². The molecule has 0 aliphatic rings. The summed E-state index contributed by atoms with van der Waals surface area (Å²) >= 11 is 1.46. The van der Waals surface area contributed by atoms with E-state index in [1.54, 1.807) is 14.2 Å². The number of aromatic nitrogens is 1. The number of rotatable bonds is 6. The van der Waals surface area contributed by atoms with Crippen molar-refractivity contribution in [1.82, 2.24) is 4.98 Å². The van der Waals surface area contributed by atoms with Crippen LogP contribution >= 0.6 is 11.3 Å². The van der Waals surface area contributed by atoms with Crippen molar-refractivity contribution in [3.63, 3.8) is 0 Å². The van der Waals surface area contributed by atoms with E-state index >= 15 is 0 Å². The summed E-state index contributed by atoms with van der Waals surface area (Å²) in [4.78, 5) is 4.70. The normalized spacial score (nSPS) is 11.1. The summed E-state index contributed by atoms with van der Waals surface area (Å²) < 4.78 is 10.6. The van der Waals surface area contributed by atoms with Crippen LogP contribution in [0.4, 0.5) is 0 Å². The van der Waals surface area contributed by atoms with Crippen LogP contribution in [0.5, 0.6) is 11.5 Å². The standard InChI is InChI=1S/C26H20N2O2S/c1-29-24-13-8-18(15-25(24)30-2)14-22(16-27)26-28-23(17-31-26)21-11-9-20(10-12-21)19-6-4-3-5-7-19/h3-15,17H,1-2H3. The number of nitrogens with zero attached hydrogens (tertiary/aromatic N) is 2. The molecule has 1 heterocycles. The first kappa shape index (κ1) is 20.4.